The number of hydrogen-bond acceptors (Lipinski definition) is 3. The molecule has 0 bridgehead atoms. The van der Waals surface area contributed by atoms with Gasteiger partial charge < -0.3 is 4.74 Å². The monoisotopic (exact) mass is 335 g/mol. The van der Waals surface area contributed by atoms with E-state index in [4.69, 9.17) is 4.74 Å². The van der Waals surface area contributed by atoms with Gasteiger partial charge in [0, 0.05) is 17.6 Å². The van der Waals surface area contributed by atoms with Gasteiger partial charge >= 0.3 is 0 Å². The summed E-state index contributed by atoms with van der Waals surface area (Å²) in [6, 6.07) is 4.94. The number of benzene rings is 1. The van der Waals surface area contributed by atoms with Crippen LogP contribution in [-0.2, 0) is 14.8 Å². The van der Waals surface area contributed by atoms with Gasteiger partial charge in [-0.05, 0) is 44.5 Å². The zero-order valence-electron chi connectivity index (χ0n) is 10.7. The molecule has 0 aromatic heterocycles. The molecule has 18 heavy (non-hydrogen) atoms. The molecule has 1 atom stereocenters. The molecule has 1 aromatic carbocycles. The van der Waals surface area contributed by atoms with Gasteiger partial charge in [0.15, 0.2) is 0 Å². The van der Waals surface area contributed by atoms with Crippen molar-refractivity contribution in [3.63, 3.8) is 0 Å². The Morgan fingerprint density at radius 3 is 2.67 bits per heavy atom. The molecule has 1 unspecified atom stereocenters. The highest BCUT2D eigenvalue weighted by Crippen LogP contribution is 2.19. The number of aryl methyl sites for hydroxylation is 1. The molecule has 0 radical (unpaired) electrons. The van der Waals surface area contributed by atoms with Crippen molar-refractivity contribution in [2.45, 2.75) is 31.8 Å². The molecule has 0 spiro atoms. The lowest BCUT2D eigenvalue weighted by Gasteiger charge is -2.13. The molecular formula is C12H18BrNO3S. The van der Waals surface area contributed by atoms with Gasteiger partial charge in [-0.2, -0.15) is 0 Å². The number of nitrogens with one attached hydrogen (secondary N) is 1. The third kappa shape index (κ3) is 4.35. The molecule has 0 aliphatic rings. The standard InChI is InChI=1S/C12H18BrNO3S/c1-4-17-10(3)8-14-18(15,16)11-5-6-12(13)9(2)7-11/h5-7,10,14H,4,8H2,1-3H3. The smallest absolute Gasteiger partial charge is 0.240 e. The summed E-state index contributed by atoms with van der Waals surface area (Å²) in [4.78, 5) is 0.270. The molecule has 0 fully saturated rings. The lowest BCUT2D eigenvalue weighted by atomic mass is 10.2. The zero-order chi connectivity index (χ0) is 13.8. The van der Waals surface area contributed by atoms with Gasteiger partial charge in [0.2, 0.25) is 10.0 Å². The van der Waals surface area contributed by atoms with Gasteiger partial charge in [0.1, 0.15) is 0 Å². The number of rotatable bonds is 6. The fourth-order valence-electron chi connectivity index (χ4n) is 1.44. The Morgan fingerprint density at radius 2 is 2.11 bits per heavy atom. The van der Waals surface area contributed by atoms with Crippen LogP contribution in [0.3, 0.4) is 0 Å². The Bertz CT molecular complexity index is 502. The van der Waals surface area contributed by atoms with Crippen LogP contribution >= 0.6 is 15.9 Å². The highest BCUT2D eigenvalue weighted by Gasteiger charge is 2.15. The van der Waals surface area contributed by atoms with Crippen molar-refractivity contribution in [2.24, 2.45) is 0 Å². The van der Waals surface area contributed by atoms with Crippen LogP contribution in [0.2, 0.25) is 0 Å². The number of sulfonamides is 1. The predicted molar refractivity (Wildman–Crippen MR) is 75.2 cm³/mol. The van der Waals surface area contributed by atoms with E-state index in [1.165, 1.54) is 0 Å². The van der Waals surface area contributed by atoms with Crippen LogP contribution in [0.15, 0.2) is 27.6 Å². The lowest BCUT2D eigenvalue weighted by Crippen LogP contribution is -2.32. The van der Waals surface area contributed by atoms with Gasteiger partial charge in [0.05, 0.1) is 11.0 Å². The van der Waals surface area contributed by atoms with Crippen molar-refractivity contribution in [3.05, 3.63) is 28.2 Å². The SMILES string of the molecule is CCOC(C)CNS(=O)(=O)c1ccc(Br)c(C)c1. The van der Waals surface area contributed by atoms with Gasteiger partial charge in [-0.15, -0.1) is 0 Å². The second kappa shape index (κ2) is 6.65. The molecule has 0 saturated carbocycles. The van der Waals surface area contributed by atoms with Crippen LogP contribution in [0.4, 0.5) is 0 Å². The number of ether oxygens (including phenoxy) is 1. The largest absolute Gasteiger partial charge is 0.377 e. The second-order valence-corrected chi connectivity index (χ2v) is 6.65. The maximum Gasteiger partial charge on any atom is 0.240 e. The lowest BCUT2D eigenvalue weighted by molar-refractivity contribution is 0.0799. The van der Waals surface area contributed by atoms with E-state index in [0.717, 1.165) is 10.0 Å². The first-order valence-electron chi connectivity index (χ1n) is 5.74. The average Bonchev–Trinajstić information content (AvgIpc) is 2.30. The molecule has 1 rings (SSSR count). The van der Waals surface area contributed by atoms with E-state index in [0.29, 0.717) is 6.61 Å². The molecule has 0 aliphatic heterocycles. The molecule has 4 nitrogen and oxygen atoms in total. The van der Waals surface area contributed by atoms with Gasteiger partial charge in [-0.25, -0.2) is 13.1 Å². The average molecular weight is 336 g/mol. The van der Waals surface area contributed by atoms with Gasteiger partial charge in [-0.3, -0.25) is 0 Å². The summed E-state index contributed by atoms with van der Waals surface area (Å²) in [5, 5.41) is 0. The minimum absolute atomic E-state index is 0.138. The Morgan fingerprint density at radius 1 is 1.44 bits per heavy atom. The fourth-order valence-corrected chi connectivity index (χ4v) is 2.88. The van der Waals surface area contributed by atoms with Crippen molar-refractivity contribution in [1.82, 2.24) is 4.72 Å². The predicted octanol–water partition coefficient (Wildman–Crippen LogP) is 2.46. The fraction of sp³-hybridized carbons (Fsp3) is 0.500. The van der Waals surface area contributed by atoms with Crippen molar-refractivity contribution in [2.75, 3.05) is 13.2 Å². The van der Waals surface area contributed by atoms with E-state index >= 15 is 0 Å². The van der Waals surface area contributed by atoms with Gasteiger partial charge in [-0.1, -0.05) is 15.9 Å². The Labute approximate surface area is 117 Å². The first-order valence-corrected chi connectivity index (χ1v) is 8.02. The van der Waals surface area contributed by atoms with Crippen molar-refractivity contribution in [1.29, 1.82) is 0 Å². The van der Waals surface area contributed by atoms with Crippen molar-refractivity contribution in [3.8, 4) is 0 Å². The van der Waals surface area contributed by atoms with E-state index in [1.54, 1.807) is 18.2 Å². The normalized spacial score (nSPS) is 13.6. The van der Waals surface area contributed by atoms with Gasteiger partial charge in [0.25, 0.3) is 0 Å². The highest BCUT2D eigenvalue weighted by molar-refractivity contribution is 9.10. The summed E-state index contributed by atoms with van der Waals surface area (Å²) in [6.45, 7) is 6.40. The molecule has 1 aromatic rings. The number of halogens is 1. The molecule has 102 valence electrons. The molecule has 0 heterocycles. The van der Waals surface area contributed by atoms with Crippen LogP contribution in [0, 0.1) is 6.92 Å². The van der Waals surface area contributed by atoms with E-state index in [1.807, 2.05) is 20.8 Å². The third-order valence-corrected chi connectivity index (χ3v) is 4.76. The first kappa shape index (κ1) is 15.6. The van der Waals surface area contributed by atoms with E-state index in [2.05, 4.69) is 20.7 Å². The third-order valence-electron chi connectivity index (χ3n) is 2.45. The van der Waals surface area contributed by atoms with Crippen molar-refractivity contribution < 1.29 is 13.2 Å². The summed E-state index contributed by atoms with van der Waals surface area (Å²) < 4.78 is 32.8. The molecular weight excluding hydrogens is 318 g/mol. The Kier molecular flexibility index (Phi) is 5.78. The minimum Gasteiger partial charge on any atom is -0.377 e. The van der Waals surface area contributed by atoms with Crippen LogP contribution in [0.5, 0.6) is 0 Å². The first-order chi connectivity index (χ1) is 8.36. The highest BCUT2D eigenvalue weighted by atomic mass is 79.9. The summed E-state index contributed by atoms with van der Waals surface area (Å²) in [6.07, 6.45) is -0.138. The van der Waals surface area contributed by atoms with E-state index in [-0.39, 0.29) is 17.5 Å². The Hall–Kier alpha value is -0.430. The van der Waals surface area contributed by atoms with E-state index in [9.17, 15) is 8.42 Å². The zero-order valence-corrected chi connectivity index (χ0v) is 13.1. The molecule has 1 N–H and O–H groups in total. The van der Waals surface area contributed by atoms with Crippen LogP contribution < -0.4 is 4.72 Å². The molecule has 0 aliphatic carbocycles. The van der Waals surface area contributed by atoms with Crippen molar-refractivity contribution >= 4 is 26.0 Å². The van der Waals surface area contributed by atoms with E-state index < -0.39 is 10.0 Å². The number of hydrogen-bond donors (Lipinski definition) is 1. The molecule has 0 amide bonds. The second-order valence-electron chi connectivity index (χ2n) is 4.03. The maximum atomic E-state index is 12.0. The summed E-state index contributed by atoms with van der Waals surface area (Å²) in [5.41, 5.74) is 0.885. The summed E-state index contributed by atoms with van der Waals surface area (Å²) in [5.74, 6) is 0. The summed E-state index contributed by atoms with van der Waals surface area (Å²) >= 11 is 3.34. The van der Waals surface area contributed by atoms with Crippen LogP contribution in [0.25, 0.3) is 0 Å². The minimum atomic E-state index is -3.46. The molecule has 6 heteroatoms. The summed E-state index contributed by atoms with van der Waals surface area (Å²) in [7, 11) is -3.46. The van der Waals surface area contributed by atoms with Crippen LogP contribution in [0.1, 0.15) is 19.4 Å². The molecule has 0 saturated heterocycles. The quantitative estimate of drug-likeness (QED) is 0.868. The topological polar surface area (TPSA) is 55.4 Å². The Balaban J connectivity index is 2.77. The maximum absolute atomic E-state index is 12.0. The van der Waals surface area contributed by atoms with Crippen LogP contribution in [-0.4, -0.2) is 27.7 Å².